The Bertz CT molecular complexity index is 1590. The van der Waals surface area contributed by atoms with E-state index in [1.54, 1.807) is 30.2 Å². The number of methoxy groups -OCH3 is 1. The van der Waals surface area contributed by atoms with Crippen molar-refractivity contribution in [1.29, 1.82) is 0 Å². The van der Waals surface area contributed by atoms with E-state index >= 15 is 0 Å². The first kappa shape index (κ1) is 30.1. The van der Waals surface area contributed by atoms with Gasteiger partial charge in [-0.3, -0.25) is 4.90 Å². The third-order valence-electron chi connectivity index (χ3n) is 8.60. The van der Waals surface area contributed by atoms with E-state index in [2.05, 4.69) is 4.98 Å². The highest BCUT2D eigenvalue weighted by atomic mass is 19.4. The molecule has 1 aliphatic carbocycles. The minimum absolute atomic E-state index is 0.0633. The lowest BCUT2D eigenvalue weighted by molar-refractivity contribution is -0.137. The van der Waals surface area contributed by atoms with Crippen LogP contribution < -0.4 is 9.64 Å². The molecule has 0 unspecified atom stereocenters. The summed E-state index contributed by atoms with van der Waals surface area (Å²) in [6, 6.07) is 6.23. The number of carbonyl (C=O) groups excluding carboxylic acids is 1. The zero-order valence-corrected chi connectivity index (χ0v) is 24.8. The molecular formula is C32H33F5N4O3. The predicted molar refractivity (Wildman–Crippen MR) is 153 cm³/mol. The molecule has 234 valence electrons. The van der Waals surface area contributed by atoms with Crippen molar-refractivity contribution in [2.45, 2.75) is 76.5 Å². The van der Waals surface area contributed by atoms with Gasteiger partial charge in [0.2, 0.25) is 5.95 Å². The van der Waals surface area contributed by atoms with Gasteiger partial charge < -0.3 is 14.4 Å². The number of cyclic esters (lactones) is 1. The van der Waals surface area contributed by atoms with E-state index in [0.717, 1.165) is 18.9 Å². The number of aromatic nitrogens is 2. The van der Waals surface area contributed by atoms with E-state index in [-0.39, 0.29) is 48.7 Å². The van der Waals surface area contributed by atoms with Crippen molar-refractivity contribution in [1.82, 2.24) is 14.9 Å². The fourth-order valence-electron chi connectivity index (χ4n) is 5.86. The van der Waals surface area contributed by atoms with Gasteiger partial charge in [0.15, 0.2) is 0 Å². The van der Waals surface area contributed by atoms with Crippen molar-refractivity contribution >= 4 is 12.0 Å². The maximum atomic E-state index is 14.9. The summed E-state index contributed by atoms with van der Waals surface area (Å²) in [5, 5.41) is 0. The monoisotopic (exact) mass is 616 g/mol. The Kier molecular flexibility index (Phi) is 7.65. The Balaban J connectivity index is 1.38. The normalized spacial score (nSPS) is 20.7. The van der Waals surface area contributed by atoms with Gasteiger partial charge >= 0.3 is 12.3 Å². The summed E-state index contributed by atoms with van der Waals surface area (Å²) in [7, 11) is 1.42. The second-order valence-electron chi connectivity index (χ2n) is 12.1. The zero-order chi connectivity index (χ0) is 31.5. The summed E-state index contributed by atoms with van der Waals surface area (Å²) in [5.41, 5.74) is 1.91. The van der Waals surface area contributed by atoms with E-state index < -0.39 is 42.0 Å². The van der Waals surface area contributed by atoms with Crippen molar-refractivity contribution in [3.05, 3.63) is 70.3 Å². The Labute approximate surface area is 252 Å². The lowest BCUT2D eigenvalue weighted by Gasteiger charge is -2.34. The van der Waals surface area contributed by atoms with Gasteiger partial charge in [-0.1, -0.05) is 19.9 Å². The Hall–Kier alpha value is -3.96. The van der Waals surface area contributed by atoms with Gasteiger partial charge in [-0.05, 0) is 66.5 Å². The molecule has 7 nitrogen and oxygen atoms in total. The van der Waals surface area contributed by atoms with E-state index in [1.807, 2.05) is 13.8 Å². The van der Waals surface area contributed by atoms with Gasteiger partial charge in [0.25, 0.3) is 0 Å². The lowest BCUT2D eigenvalue weighted by Crippen LogP contribution is -2.49. The second-order valence-corrected chi connectivity index (χ2v) is 12.1. The Morgan fingerprint density at radius 3 is 2.39 bits per heavy atom. The molecular weight excluding hydrogens is 583 g/mol. The highest BCUT2D eigenvalue weighted by Gasteiger charge is 2.43. The van der Waals surface area contributed by atoms with E-state index in [1.165, 1.54) is 24.1 Å². The van der Waals surface area contributed by atoms with E-state index in [9.17, 15) is 26.7 Å². The molecule has 12 heteroatoms. The van der Waals surface area contributed by atoms with Crippen LogP contribution in [-0.4, -0.2) is 53.4 Å². The van der Waals surface area contributed by atoms with Crippen molar-refractivity contribution in [3.8, 4) is 16.9 Å². The molecule has 6 rings (SSSR count). The maximum absolute atomic E-state index is 14.9. The minimum Gasteiger partial charge on any atom is -0.496 e. The van der Waals surface area contributed by atoms with Crippen LogP contribution in [0, 0.1) is 5.82 Å². The molecule has 3 aromatic rings. The van der Waals surface area contributed by atoms with Gasteiger partial charge in [0.05, 0.1) is 44.0 Å². The van der Waals surface area contributed by atoms with Crippen LogP contribution in [0.25, 0.3) is 11.1 Å². The van der Waals surface area contributed by atoms with Crippen molar-refractivity contribution in [2.24, 2.45) is 0 Å². The van der Waals surface area contributed by atoms with Crippen LogP contribution in [0.1, 0.15) is 79.5 Å². The molecule has 0 spiro atoms. The van der Waals surface area contributed by atoms with Crippen LogP contribution in [0.5, 0.6) is 5.75 Å². The van der Waals surface area contributed by atoms with Crippen molar-refractivity contribution < 1.29 is 36.2 Å². The fourth-order valence-corrected chi connectivity index (χ4v) is 5.86. The first-order chi connectivity index (χ1) is 20.8. The molecule has 1 aromatic heterocycles. The molecule has 1 amide bonds. The van der Waals surface area contributed by atoms with Crippen LogP contribution in [0.4, 0.5) is 32.7 Å². The maximum Gasteiger partial charge on any atom is 0.416 e. The number of hydrogen-bond donors (Lipinski definition) is 0. The van der Waals surface area contributed by atoms with E-state index in [0.29, 0.717) is 27.9 Å². The average Bonchev–Trinajstić information content (AvgIpc) is 3.77. The predicted octanol–water partition coefficient (Wildman–Crippen LogP) is 7.55. The third-order valence-corrected chi connectivity index (χ3v) is 8.60. The number of hydrogen-bond acceptors (Lipinski definition) is 6. The molecule has 0 N–H and O–H groups in total. The first-order valence-corrected chi connectivity index (χ1v) is 14.7. The SMILES string of the molecule is COc1cc(F)c(C(C)C)cc1-c1cnc(N2CC(F)C2)nc1CN1C(=O)O[C@H](c2cc(C3CC3)cc(C(F)(F)F)c2)[C@@H]1C. The molecule has 2 atom stereocenters. The van der Waals surface area contributed by atoms with Gasteiger partial charge in [-0.2, -0.15) is 13.2 Å². The first-order valence-electron chi connectivity index (χ1n) is 14.7. The Morgan fingerprint density at radius 2 is 1.77 bits per heavy atom. The standard InChI is InChI=1S/C32H33F5N4O3/c1-16(2)23-10-24(28(43-4)11-26(23)34)25-12-38-30(40-13-22(33)14-40)39-27(25)15-41-17(3)29(44-31(41)42)20-7-19(18-5-6-18)8-21(9-20)32(35,36)37/h7-12,16-18,22,29H,5-6,13-15H2,1-4H3/t17-,29-/m0/s1. The molecule has 3 heterocycles. The number of alkyl halides is 4. The minimum atomic E-state index is -4.55. The molecule has 2 aliphatic heterocycles. The molecule has 1 saturated carbocycles. The summed E-state index contributed by atoms with van der Waals surface area (Å²) in [4.78, 5) is 25.5. The van der Waals surface area contributed by atoms with Crippen LogP contribution >= 0.6 is 0 Å². The lowest BCUT2D eigenvalue weighted by atomic mass is 9.95. The number of nitrogens with zero attached hydrogens (tertiary/aromatic N) is 4. The third kappa shape index (κ3) is 5.66. The second kappa shape index (κ2) is 11.2. The summed E-state index contributed by atoms with van der Waals surface area (Å²) < 4.78 is 81.1. The molecule has 2 aromatic carbocycles. The number of benzene rings is 2. The number of rotatable bonds is 8. The number of anilines is 1. The van der Waals surface area contributed by atoms with Crippen LogP contribution in [0.2, 0.25) is 0 Å². The van der Waals surface area contributed by atoms with Crippen molar-refractivity contribution in [2.75, 3.05) is 25.1 Å². The number of carbonyl (C=O) groups is 1. The summed E-state index contributed by atoms with van der Waals surface area (Å²) in [5.74, 6) is -0.00240. The number of amides is 1. The molecule has 3 aliphatic rings. The highest BCUT2D eigenvalue weighted by molar-refractivity contribution is 5.75. The summed E-state index contributed by atoms with van der Waals surface area (Å²) >= 11 is 0. The molecule has 2 saturated heterocycles. The van der Waals surface area contributed by atoms with Gasteiger partial charge in [-0.25, -0.2) is 23.5 Å². The molecule has 44 heavy (non-hydrogen) atoms. The molecule has 0 bridgehead atoms. The average molecular weight is 617 g/mol. The molecule has 3 fully saturated rings. The zero-order valence-electron chi connectivity index (χ0n) is 24.8. The number of ether oxygens (including phenoxy) is 2. The van der Waals surface area contributed by atoms with Gasteiger partial charge in [0, 0.05) is 23.4 Å². The van der Waals surface area contributed by atoms with Gasteiger partial charge in [0.1, 0.15) is 23.8 Å². The van der Waals surface area contributed by atoms with Crippen LogP contribution in [0.15, 0.2) is 36.5 Å². The Morgan fingerprint density at radius 1 is 1.07 bits per heavy atom. The van der Waals surface area contributed by atoms with Crippen molar-refractivity contribution in [3.63, 3.8) is 0 Å². The summed E-state index contributed by atoms with van der Waals surface area (Å²) in [6.07, 6.45) is -4.02. The topological polar surface area (TPSA) is 67.8 Å². The molecule has 0 radical (unpaired) electrons. The number of halogens is 5. The van der Waals surface area contributed by atoms with E-state index in [4.69, 9.17) is 14.5 Å². The fraction of sp³-hybridized carbons (Fsp3) is 0.469. The van der Waals surface area contributed by atoms with Gasteiger partial charge in [-0.15, -0.1) is 0 Å². The van der Waals surface area contributed by atoms with Crippen LogP contribution in [0.3, 0.4) is 0 Å². The smallest absolute Gasteiger partial charge is 0.416 e. The van der Waals surface area contributed by atoms with Crippen LogP contribution in [-0.2, 0) is 17.5 Å². The quantitative estimate of drug-likeness (QED) is 0.244. The highest BCUT2D eigenvalue weighted by Crippen LogP contribution is 2.45. The summed E-state index contributed by atoms with van der Waals surface area (Å²) in [6.45, 7) is 5.60. The largest absolute Gasteiger partial charge is 0.496 e.